The van der Waals surface area contributed by atoms with E-state index >= 15 is 0 Å². The third-order valence-electron chi connectivity index (χ3n) is 5.40. The number of halogens is 3. The summed E-state index contributed by atoms with van der Waals surface area (Å²) in [6, 6.07) is 4.76. The van der Waals surface area contributed by atoms with E-state index in [1.165, 1.54) is 33.9 Å². The monoisotopic (exact) mass is 419 g/mol. The average Bonchev–Trinajstić information content (AvgIpc) is 3.15. The number of hydrogen-bond donors (Lipinski definition) is 0. The van der Waals surface area contributed by atoms with Crippen molar-refractivity contribution in [3.8, 4) is 5.69 Å². The highest BCUT2D eigenvalue weighted by molar-refractivity contribution is 5.78. The highest BCUT2D eigenvalue weighted by Crippen LogP contribution is 2.30. The number of hydrogen-bond acceptors (Lipinski definition) is 4. The Bertz CT molecular complexity index is 1150. The largest absolute Gasteiger partial charge is 0.416 e. The van der Waals surface area contributed by atoms with Crippen molar-refractivity contribution in [2.24, 2.45) is 0 Å². The number of carbonyl (C=O) groups is 1. The lowest BCUT2D eigenvalue weighted by molar-refractivity contribution is -0.137. The lowest BCUT2D eigenvalue weighted by Crippen LogP contribution is -2.44. The topological polar surface area (TPSA) is 73.0 Å². The second-order valence-corrected chi connectivity index (χ2v) is 7.45. The van der Waals surface area contributed by atoms with Crippen LogP contribution in [0.3, 0.4) is 0 Å². The SMILES string of the molecule is CC1CCCCN1C(=O)Cn1cnc2c(cnn2-c2cccc(C(F)(F)F)c2)c1=O. The Morgan fingerprint density at radius 2 is 2.07 bits per heavy atom. The van der Waals surface area contributed by atoms with Crippen LogP contribution in [0, 0.1) is 0 Å². The summed E-state index contributed by atoms with van der Waals surface area (Å²) in [5.41, 5.74) is -1.01. The predicted molar refractivity (Wildman–Crippen MR) is 103 cm³/mol. The Labute approximate surface area is 169 Å². The Kier molecular flexibility index (Phi) is 5.08. The first kappa shape index (κ1) is 20.1. The maximum absolute atomic E-state index is 13.0. The molecule has 0 N–H and O–H groups in total. The van der Waals surface area contributed by atoms with Gasteiger partial charge in [-0.3, -0.25) is 14.2 Å². The van der Waals surface area contributed by atoms with E-state index in [1.807, 2.05) is 6.92 Å². The number of alkyl halides is 3. The Hall–Kier alpha value is -3.17. The van der Waals surface area contributed by atoms with E-state index < -0.39 is 17.3 Å². The minimum atomic E-state index is -4.49. The van der Waals surface area contributed by atoms with E-state index in [0.29, 0.717) is 6.54 Å². The standard InChI is InChI=1S/C20H20F3N5O2/c1-13-5-2-3-8-27(13)17(29)11-26-12-24-18-16(19(26)30)10-25-28(18)15-7-4-6-14(9-15)20(21,22)23/h4,6-7,9-10,12-13H,2-3,5,8,11H2,1H3. The fourth-order valence-corrected chi connectivity index (χ4v) is 3.77. The Morgan fingerprint density at radius 1 is 1.27 bits per heavy atom. The summed E-state index contributed by atoms with van der Waals surface area (Å²) in [5.74, 6) is -0.157. The van der Waals surface area contributed by atoms with Gasteiger partial charge in [0.25, 0.3) is 5.56 Å². The van der Waals surface area contributed by atoms with E-state index in [2.05, 4.69) is 10.1 Å². The summed E-state index contributed by atoms with van der Waals surface area (Å²) in [5, 5.41) is 4.18. The second-order valence-electron chi connectivity index (χ2n) is 7.45. The van der Waals surface area contributed by atoms with Gasteiger partial charge >= 0.3 is 6.18 Å². The number of likely N-dealkylation sites (tertiary alicyclic amines) is 1. The number of nitrogens with zero attached hydrogens (tertiary/aromatic N) is 5. The number of fused-ring (bicyclic) bond motifs is 1. The molecule has 2 aromatic heterocycles. The van der Waals surface area contributed by atoms with Crippen LogP contribution in [0.5, 0.6) is 0 Å². The van der Waals surface area contributed by atoms with Gasteiger partial charge in [0.15, 0.2) is 5.65 Å². The zero-order valence-corrected chi connectivity index (χ0v) is 16.3. The Balaban J connectivity index is 1.66. The minimum absolute atomic E-state index is 0.127. The van der Waals surface area contributed by atoms with Crippen LogP contribution in [0.2, 0.25) is 0 Å². The molecular weight excluding hydrogens is 399 g/mol. The molecule has 1 aliphatic heterocycles. The van der Waals surface area contributed by atoms with Crippen LogP contribution in [0.15, 0.2) is 41.6 Å². The first-order valence-corrected chi connectivity index (χ1v) is 9.66. The molecule has 0 bridgehead atoms. The molecule has 0 radical (unpaired) electrons. The lowest BCUT2D eigenvalue weighted by Gasteiger charge is -2.33. The zero-order valence-electron chi connectivity index (χ0n) is 16.3. The number of aromatic nitrogens is 4. The van der Waals surface area contributed by atoms with E-state index in [1.54, 1.807) is 4.90 Å². The first-order chi connectivity index (χ1) is 14.3. The molecular formula is C20H20F3N5O2. The molecule has 1 aliphatic rings. The maximum Gasteiger partial charge on any atom is 0.416 e. The third kappa shape index (κ3) is 3.69. The van der Waals surface area contributed by atoms with Crippen LogP contribution < -0.4 is 5.56 Å². The van der Waals surface area contributed by atoms with Gasteiger partial charge in [-0.2, -0.15) is 18.3 Å². The van der Waals surface area contributed by atoms with E-state index in [4.69, 9.17) is 0 Å². The van der Waals surface area contributed by atoms with Crippen molar-refractivity contribution >= 4 is 16.9 Å². The number of piperidine rings is 1. The Morgan fingerprint density at radius 3 is 2.80 bits per heavy atom. The summed E-state index contributed by atoms with van der Waals surface area (Å²) in [6.07, 6.45) is 0.949. The molecule has 1 amide bonds. The third-order valence-corrected chi connectivity index (χ3v) is 5.40. The van der Waals surface area contributed by atoms with Crippen LogP contribution in [0.4, 0.5) is 13.2 Å². The summed E-state index contributed by atoms with van der Waals surface area (Å²) < 4.78 is 41.4. The van der Waals surface area contributed by atoms with Gasteiger partial charge in [0.1, 0.15) is 18.3 Å². The summed E-state index contributed by atoms with van der Waals surface area (Å²) in [4.78, 5) is 31.4. The maximum atomic E-state index is 13.0. The van der Waals surface area contributed by atoms with Gasteiger partial charge in [-0.1, -0.05) is 6.07 Å². The number of amides is 1. The van der Waals surface area contributed by atoms with Crippen molar-refractivity contribution in [3.05, 3.63) is 52.7 Å². The van der Waals surface area contributed by atoms with E-state index in [0.717, 1.165) is 31.4 Å². The summed E-state index contributed by atoms with van der Waals surface area (Å²) in [7, 11) is 0. The minimum Gasteiger partial charge on any atom is -0.338 e. The van der Waals surface area contributed by atoms with Crippen LogP contribution >= 0.6 is 0 Å². The van der Waals surface area contributed by atoms with Gasteiger partial charge in [0, 0.05) is 12.6 Å². The van der Waals surface area contributed by atoms with Crippen LogP contribution in [-0.4, -0.2) is 42.7 Å². The van der Waals surface area contributed by atoms with Crippen molar-refractivity contribution in [2.75, 3.05) is 6.54 Å². The molecule has 10 heteroatoms. The van der Waals surface area contributed by atoms with Crippen LogP contribution in [-0.2, 0) is 17.5 Å². The summed E-state index contributed by atoms with van der Waals surface area (Å²) in [6.45, 7) is 2.51. The number of carbonyl (C=O) groups excluding carboxylic acids is 1. The molecule has 1 saturated heterocycles. The van der Waals surface area contributed by atoms with Crippen LogP contribution in [0.25, 0.3) is 16.7 Å². The molecule has 4 rings (SSSR count). The van der Waals surface area contributed by atoms with Gasteiger partial charge in [0.05, 0.1) is 17.4 Å². The van der Waals surface area contributed by atoms with E-state index in [9.17, 15) is 22.8 Å². The molecule has 0 saturated carbocycles. The highest BCUT2D eigenvalue weighted by Gasteiger charge is 2.31. The summed E-state index contributed by atoms with van der Waals surface area (Å²) >= 11 is 0. The molecule has 3 aromatic rings. The zero-order chi connectivity index (χ0) is 21.5. The second kappa shape index (κ2) is 7.58. The molecule has 1 aromatic carbocycles. The molecule has 1 fully saturated rings. The van der Waals surface area contributed by atoms with Crippen molar-refractivity contribution in [3.63, 3.8) is 0 Å². The molecule has 0 spiro atoms. The fourth-order valence-electron chi connectivity index (χ4n) is 3.77. The molecule has 3 heterocycles. The van der Waals surface area contributed by atoms with Gasteiger partial charge in [0.2, 0.25) is 5.91 Å². The van der Waals surface area contributed by atoms with Crippen LogP contribution in [0.1, 0.15) is 31.7 Å². The van der Waals surface area contributed by atoms with Crippen molar-refractivity contribution in [2.45, 2.75) is 44.9 Å². The molecule has 1 unspecified atom stereocenters. The average molecular weight is 419 g/mol. The fraction of sp³-hybridized carbons (Fsp3) is 0.400. The quantitative estimate of drug-likeness (QED) is 0.654. The van der Waals surface area contributed by atoms with Gasteiger partial charge in [-0.15, -0.1) is 0 Å². The lowest BCUT2D eigenvalue weighted by atomic mass is 10.0. The smallest absolute Gasteiger partial charge is 0.338 e. The van der Waals surface area contributed by atoms with Crippen molar-refractivity contribution in [1.29, 1.82) is 0 Å². The predicted octanol–water partition coefficient (Wildman–Crippen LogP) is 3.00. The van der Waals surface area contributed by atoms with Gasteiger partial charge in [-0.05, 0) is 44.4 Å². The van der Waals surface area contributed by atoms with Gasteiger partial charge < -0.3 is 4.90 Å². The normalized spacial score (nSPS) is 17.5. The van der Waals surface area contributed by atoms with Crippen molar-refractivity contribution < 1.29 is 18.0 Å². The number of rotatable bonds is 3. The van der Waals surface area contributed by atoms with Crippen molar-refractivity contribution in [1.82, 2.24) is 24.2 Å². The van der Waals surface area contributed by atoms with E-state index in [-0.39, 0.29) is 35.2 Å². The van der Waals surface area contributed by atoms with Gasteiger partial charge in [-0.25, -0.2) is 9.67 Å². The molecule has 0 aliphatic carbocycles. The molecule has 7 nitrogen and oxygen atoms in total. The molecule has 1 atom stereocenters. The first-order valence-electron chi connectivity index (χ1n) is 9.66. The molecule has 158 valence electrons. The highest BCUT2D eigenvalue weighted by atomic mass is 19.4. The number of benzene rings is 1. The molecule has 30 heavy (non-hydrogen) atoms.